The topological polar surface area (TPSA) is 52.3 Å². The van der Waals surface area contributed by atoms with E-state index in [4.69, 9.17) is 9.15 Å². The summed E-state index contributed by atoms with van der Waals surface area (Å²) in [6, 6.07) is 0. The van der Waals surface area contributed by atoms with Gasteiger partial charge in [-0.15, -0.1) is 0 Å². The van der Waals surface area contributed by atoms with Crippen molar-refractivity contribution in [2.24, 2.45) is 11.3 Å². The van der Waals surface area contributed by atoms with Crippen molar-refractivity contribution < 1.29 is 13.9 Å². The highest BCUT2D eigenvalue weighted by Crippen LogP contribution is 2.58. The Morgan fingerprint density at radius 3 is 2.63 bits per heavy atom. The molecule has 0 saturated heterocycles. The fourth-order valence-electron chi connectivity index (χ4n) is 2.29. The number of carbonyl (C=O) groups excluding carboxylic acids is 1. The number of esters is 1. The second-order valence-electron chi connectivity index (χ2n) is 6.39. The predicted molar refractivity (Wildman–Crippen MR) is 72.1 cm³/mol. The minimum absolute atomic E-state index is 0.242. The van der Waals surface area contributed by atoms with Crippen LogP contribution in [0.15, 0.2) is 4.42 Å². The summed E-state index contributed by atoms with van der Waals surface area (Å²) >= 11 is 0. The Bertz CT molecular complexity index is 474. The van der Waals surface area contributed by atoms with Gasteiger partial charge in [0.15, 0.2) is 5.89 Å². The van der Waals surface area contributed by atoms with Crippen LogP contribution in [-0.2, 0) is 11.2 Å². The zero-order chi connectivity index (χ0) is 14.2. The number of aromatic nitrogens is 1. The van der Waals surface area contributed by atoms with Crippen LogP contribution in [0.3, 0.4) is 0 Å². The molecule has 0 aromatic carbocycles. The molecule has 0 amide bonds. The number of hydrogen-bond acceptors (Lipinski definition) is 4. The summed E-state index contributed by atoms with van der Waals surface area (Å²) in [5.74, 6) is 1.37. The van der Waals surface area contributed by atoms with Gasteiger partial charge < -0.3 is 9.15 Å². The lowest BCUT2D eigenvalue weighted by Gasteiger charge is -2.02. The molecule has 0 spiro atoms. The lowest BCUT2D eigenvalue weighted by molar-refractivity contribution is 0.0486. The first-order valence-corrected chi connectivity index (χ1v) is 7.02. The van der Waals surface area contributed by atoms with E-state index in [-0.39, 0.29) is 5.41 Å². The van der Waals surface area contributed by atoms with Crippen molar-refractivity contribution in [1.29, 1.82) is 0 Å². The molecule has 0 bridgehead atoms. The number of oxazole rings is 1. The number of hydrogen-bond donors (Lipinski definition) is 0. The molecule has 106 valence electrons. The molecule has 4 heteroatoms. The van der Waals surface area contributed by atoms with Crippen molar-refractivity contribution in [2.75, 3.05) is 6.61 Å². The highest BCUT2D eigenvalue weighted by molar-refractivity contribution is 5.87. The van der Waals surface area contributed by atoms with Crippen LogP contribution >= 0.6 is 0 Å². The van der Waals surface area contributed by atoms with Gasteiger partial charge in [-0.3, -0.25) is 0 Å². The zero-order valence-electron chi connectivity index (χ0n) is 12.4. The summed E-state index contributed by atoms with van der Waals surface area (Å²) in [6.07, 6.45) is 1.81. The van der Waals surface area contributed by atoms with E-state index >= 15 is 0 Å². The highest BCUT2D eigenvalue weighted by atomic mass is 16.5. The van der Waals surface area contributed by atoms with Gasteiger partial charge >= 0.3 is 5.97 Å². The van der Waals surface area contributed by atoms with Crippen LogP contribution in [0, 0.1) is 11.3 Å². The van der Waals surface area contributed by atoms with Gasteiger partial charge in [0.1, 0.15) is 0 Å². The monoisotopic (exact) mass is 265 g/mol. The molecule has 1 aliphatic rings. The standard InChI is InChI=1S/C15H23NO3/c1-6-18-14(17)12-11(7-9(2)3)16-13(19-12)10-8-15(10,4)5/h9-10H,6-8H2,1-5H3. The van der Waals surface area contributed by atoms with E-state index in [1.165, 1.54) is 0 Å². The third kappa shape index (κ3) is 2.99. The van der Waals surface area contributed by atoms with Crippen LogP contribution < -0.4 is 0 Å². The minimum atomic E-state index is -0.393. The molecule has 1 fully saturated rings. The van der Waals surface area contributed by atoms with Gasteiger partial charge in [-0.1, -0.05) is 27.7 Å². The van der Waals surface area contributed by atoms with Crippen LogP contribution in [0.1, 0.15) is 69.1 Å². The number of rotatable bonds is 5. The van der Waals surface area contributed by atoms with Crippen LogP contribution in [0.4, 0.5) is 0 Å². The van der Waals surface area contributed by atoms with Gasteiger partial charge in [0.2, 0.25) is 5.76 Å². The van der Waals surface area contributed by atoms with Crippen molar-refractivity contribution in [3.63, 3.8) is 0 Å². The Morgan fingerprint density at radius 1 is 1.53 bits per heavy atom. The molecule has 1 heterocycles. The summed E-state index contributed by atoms with van der Waals surface area (Å²) < 4.78 is 10.7. The summed E-state index contributed by atoms with van der Waals surface area (Å²) in [4.78, 5) is 16.5. The highest BCUT2D eigenvalue weighted by Gasteiger charge is 2.50. The molecule has 0 aliphatic heterocycles. The fourth-order valence-corrected chi connectivity index (χ4v) is 2.29. The van der Waals surface area contributed by atoms with Gasteiger partial charge in [-0.25, -0.2) is 9.78 Å². The second kappa shape index (κ2) is 4.99. The van der Waals surface area contributed by atoms with E-state index in [1.807, 2.05) is 0 Å². The maximum absolute atomic E-state index is 11.9. The van der Waals surface area contributed by atoms with E-state index in [9.17, 15) is 4.79 Å². The molecule has 2 rings (SSSR count). The Kier molecular flexibility index (Phi) is 3.70. The first-order valence-electron chi connectivity index (χ1n) is 7.02. The molecule has 0 N–H and O–H groups in total. The van der Waals surface area contributed by atoms with Crippen molar-refractivity contribution in [3.8, 4) is 0 Å². The lowest BCUT2D eigenvalue weighted by Crippen LogP contribution is -2.08. The maximum atomic E-state index is 11.9. The zero-order valence-corrected chi connectivity index (χ0v) is 12.4. The number of nitrogens with zero attached hydrogens (tertiary/aromatic N) is 1. The quantitative estimate of drug-likeness (QED) is 0.764. The molecule has 1 atom stereocenters. The lowest BCUT2D eigenvalue weighted by atomic mass is 10.1. The summed E-state index contributed by atoms with van der Waals surface area (Å²) in [5.41, 5.74) is 0.984. The van der Waals surface area contributed by atoms with Crippen LogP contribution in [0.2, 0.25) is 0 Å². The third-order valence-electron chi connectivity index (χ3n) is 3.59. The van der Waals surface area contributed by atoms with Gasteiger partial charge in [0, 0.05) is 5.92 Å². The molecular weight excluding hydrogens is 242 g/mol. The van der Waals surface area contributed by atoms with Crippen LogP contribution in [0.25, 0.3) is 0 Å². The Balaban J connectivity index is 2.26. The fraction of sp³-hybridized carbons (Fsp3) is 0.733. The minimum Gasteiger partial charge on any atom is -0.460 e. The van der Waals surface area contributed by atoms with Gasteiger partial charge in [0.25, 0.3) is 0 Å². The van der Waals surface area contributed by atoms with Crippen molar-refractivity contribution >= 4 is 5.97 Å². The second-order valence-corrected chi connectivity index (χ2v) is 6.39. The number of ether oxygens (including phenoxy) is 1. The van der Waals surface area contributed by atoms with Gasteiger partial charge in [-0.2, -0.15) is 0 Å². The van der Waals surface area contributed by atoms with Crippen LogP contribution in [0.5, 0.6) is 0 Å². The predicted octanol–water partition coefficient (Wildman–Crippen LogP) is 3.56. The molecule has 1 aromatic heterocycles. The molecule has 4 nitrogen and oxygen atoms in total. The average molecular weight is 265 g/mol. The van der Waals surface area contributed by atoms with Crippen LogP contribution in [-0.4, -0.2) is 17.6 Å². The normalized spacial score (nSPS) is 20.6. The Labute approximate surface area is 114 Å². The molecule has 1 aromatic rings. The van der Waals surface area contributed by atoms with E-state index in [0.717, 1.165) is 18.5 Å². The largest absolute Gasteiger partial charge is 0.460 e. The van der Waals surface area contributed by atoms with Crippen molar-refractivity contribution in [2.45, 2.75) is 53.4 Å². The average Bonchev–Trinajstić information content (AvgIpc) is 2.75. The molecule has 19 heavy (non-hydrogen) atoms. The van der Waals surface area contributed by atoms with Crippen molar-refractivity contribution in [1.82, 2.24) is 4.98 Å². The van der Waals surface area contributed by atoms with E-state index < -0.39 is 5.97 Å². The molecule has 1 unspecified atom stereocenters. The van der Waals surface area contributed by atoms with Gasteiger partial charge in [0.05, 0.1) is 12.3 Å². The first-order chi connectivity index (χ1) is 8.85. The van der Waals surface area contributed by atoms with Gasteiger partial charge in [-0.05, 0) is 31.1 Å². The third-order valence-corrected chi connectivity index (χ3v) is 3.59. The summed E-state index contributed by atoms with van der Waals surface area (Å²) in [6.45, 7) is 10.7. The molecule has 1 saturated carbocycles. The Hall–Kier alpha value is -1.32. The smallest absolute Gasteiger partial charge is 0.376 e. The van der Waals surface area contributed by atoms with E-state index in [1.54, 1.807) is 6.92 Å². The Morgan fingerprint density at radius 2 is 2.16 bits per heavy atom. The maximum Gasteiger partial charge on any atom is 0.376 e. The first kappa shape index (κ1) is 14.1. The SMILES string of the molecule is CCOC(=O)c1oc(C2CC2(C)C)nc1CC(C)C. The van der Waals surface area contributed by atoms with E-state index in [0.29, 0.717) is 30.1 Å². The van der Waals surface area contributed by atoms with Crippen molar-refractivity contribution in [3.05, 3.63) is 17.3 Å². The number of carbonyl (C=O) groups is 1. The molecule has 0 radical (unpaired) electrons. The molecule has 1 aliphatic carbocycles. The summed E-state index contributed by atoms with van der Waals surface area (Å²) in [5, 5.41) is 0. The van der Waals surface area contributed by atoms with E-state index in [2.05, 4.69) is 32.7 Å². The molecular formula is C15H23NO3. The summed E-state index contributed by atoms with van der Waals surface area (Å²) in [7, 11) is 0.